The van der Waals surface area contributed by atoms with Crippen LogP contribution in [0, 0.1) is 0 Å². The summed E-state index contributed by atoms with van der Waals surface area (Å²) in [7, 11) is 1.96. The van der Waals surface area contributed by atoms with Crippen molar-refractivity contribution in [2.75, 3.05) is 6.54 Å². The number of aromatic nitrogens is 2. The van der Waals surface area contributed by atoms with Gasteiger partial charge in [0.1, 0.15) is 5.58 Å². The molecule has 21 heavy (non-hydrogen) atoms. The van der Waals surface area contributed by atoms with E-state index in [0.717, 1.165) is 39.7 Å². The van der Waals surface area contributed by atoms with Gasteiger partial charge in [-0.25, -0.2) is 0 Å². The van der Waals surface area contributed by atoms with E-state index in [0.29, 0.717) is 0 Å². The van der Waals surface area contributed by atoms with Gasteiger partial charge in [-0.2, -0.15) is 5.10 Å². The highest BCUT2D eigenvalue weighted by Crippen LogP contribution is 2.33. The van der Waals surface area contributed by atoms with E-state index in [4.69, 9.17) is 4.42 Å². The van der Waals surface area contributed by atoms with Crippen LogP contribution >= 0.6 is 15.9 Å². The van der Waals surface area contributed by atoms with Crippen LogP contribution in [0.5, 0.6) is 0 Å². The predicted molar refractivity (Wildman–Crippen MR) is 87.3 cm³/mol. The van der Waals surface area contributed by atoms with Crippen LogP contribution in [-0.2, 0) is 7.05 Å². The van der Waals surface area contributed by atoms with Crippen molar-refractivity contribution in [3.63, 3.8) is 0 Å². The molecule has 2 heterocycles. The number of hydrogen-bond donors (Lipinski definition) is 1. The second-order valence-electron chi connectivity index (χ2n) is 5.08. The number of halogens is 1. The number of rotatable bonds is 5. The van der Waals surface area contributed by atoms with Crippen LogP contribution in [0.2, 0.25) is 0 Å². The molecule has 0 bridgehead atoms. The van der Waals surface area contributed by atoms with Gasteiger partial charge in [0.2, 0.25) is 0 Å². The molecule has 0 radical (unpaired) electrons. The molecule has 0 amide bonds. The van der Waals surface area contributed by atoms with Crippen LogP contribution in [-0.4, -0.2) is 16.3 Å². The summed E-state index contributed by atoms with van der Waals surface area (Å²) >= 11 is 3.61. The second kappa shape index (κ2) is 6.03. The van der Waals surface area contributed by atoms with Gasteiger partial charge in [0.25, 0.3) is 0 Å². The summed E-state index contributed by atoms with van der Waals surface area (Å²) in [6, 6.07) is 8.17. The largest absolute Gasteiger partial charge is 0.464 e. The van der Waals surface area contributed by atoms with Crippen LogP contribution in [0.15, 0.2) is 45.6 Å². The summed E-state index contributed by atoms with van der Waals surface area (Å²) in [5, 5.41) is 9.07. The molecule has 0 saturated heterocycles. The minimum absolute atomic E-state index is 0.0514. The number of nitrogens with zero attached hydrogens (tertiary/aromatic N) is 2. The van der Waals surface area contributed by atoms with Gasteiger partial charge in [-0.1, -0.05) is 25.1 Å². The fourth-order valence-electron chi connectivity index (χ4n) is 2.61. The Morgan fingerprint density at radius 2 is 2.19 bits per heavy atom. The predicted octanol–water partition coefficient (Wildman–Crippen LogP) is 4.02. The lowest BCUT2D eigenvalue weighted by Gasteiger charge is -2.19. The normalized spacial score (nSPS) is 12.9. The summed E-state index contributed by atoms with van der Waals surface area (Å²) in [4.78, 5) is 0. The average molecular weight is 348 g/mol. The van der Waals surface area contributed by atoms with Crippen molar-refractivity contribution >= 4 is 26.9 Å². The molecular weight excluding hydrogens is 330 g/mol. The summed E-state index contributed by atoms with van der Waals surface area (Å²) in [6.07, 6.45) is 4.75. The molecule has 110 valence electrons. The Morgan fingerprint density at radius 3 is 2.90 bits per heavy atom. The van der Waals surface area contributed by atoms with E-state index in [9.17, 15) is 0 Å². The van der Waals surface area contributed by atoms with Crippen LogP contribution < -0.4 is 5.32 Å². The van der Waals surface area contributed by atoms with Gasteiger partial charge in [-0.05, 0) is 35.0 Å². The Kier molecular flexibility index (Phi) is 4.12. The zero-order valence-corrected chi connectivity index (χ0v) is 13.7. The highest BCUT2D eigenvalue weighted by atomic mass is 79.9. The lowest BCUT2D eigenvalue weighted by molar-refractivity contribution is 0.540. The van der Waals surface area contributed by atoms with Crippen molar-refractivity contribution < 1.29 is 4.42 Å². The highest BCUT2D eigenvalue weighted by Gasteiger charge is 2.23. The van der Waals surface area contributed by atoms with Crippen molar-refractivity contribution in [3.05, 3.63) is 52.5 Å². The lowest BCUT2D eigenvalue weighted by atomic mass is 10.0. The number of fused-ring (bicyclic) bond motifs is 1. The van der Waals surface area contributed by atoms with E-state index in [2.05, 4.69) is 39.3 Å². The van der Waals surface area contributed by atoms with Crippen molar-refractivity contribution in [2.24, 2.45) is 7.05 Å². The molecule has 1 atom stereocenters. The quantitative estimate of drug-likeness (QED) is 0.757. The molecule has 1 aromatic carbocycles. The fourth-order valence-corrected chi connectivity index (χ4v) is 3.19. The molecule has 4 nitrogen and oxygen atoms in total. The first-order valence-corrected chi connectivity index (χ1v) is 7.88. The maximum absolute atomic E-state index is 5.70. The number of aryl methyl sites for hydroxylation is 1. The van der Waals surface area contributed by atoms with E-state index in [1.807, 2.05) is 42.4 Å². The molecule has 0 spiro atoms. The first-order chi connectivity index (χ1) is 10.2. The van der Waals surface area contributed by atoms with Crippen LogP contribution in [0.4, 0.5) is 0 Å². The van der Waals surface area contributed by atoms with Crippen LogP contribution in [0.1, 0.15) is 30.6 Å². The third kappa shape index (κ3) is 2.63. The van der Waals surface area contributed by atoms with Crippen LogP contribution in [0.25, 0.3) is 11.0 Å². The van der Waals surface area contributed by atoms with Crippen molar-refractivity contribution in [1.82, 2.24) is 15.1 Å². The SMILES string of the molecule is CCCNC(c1coc2ccccc12)c1c(Br)cnn1C. The van der Waals surface area contributed by atoms with Crippen molar-refractivity contribution in [3.8, 4) is 0 Å². The molecule has 0 aliphatic rings. The summed E-state index contributed by atoms with van der Waals surface area (Å²) < 4.78 is 8.61. The van der Waals surface area contributed by atoms with E-state index in [-0.39, 0.29) is 6.04 Å². The van der Waals surface area contributed by atoms with Gasteiger partial charge in [-0.15, -0.1) is 0 Å². The second-order valence-corrected chi connectivity index (χ2v) is 5.93. The maximum atomic E-state index is 5.70. The van der Waals surface area contributed by atoms with Gasteiger partial charge in [0.05, 0.1) is 28.7 Å². The monoisotopic (exact) mass is 347 g/mol. The minimum atomic E-state index is 0.0514. The van der Waals surface area contributed by atoms with Gasteiger partial charge in [0, 0.05) is 18.0 Å². The standard InChI is InChI=1S/C16H18BrN3O/c1-3-8-18-15(16-13(17)9-19-20(16)2)12-10-21-14-7-5-4-6-11(12)14/h4-7,9-10,15,18H,3,8H2,1-2H3. The molecule has 0 aliphatic heterocycles. The molecule has 1 unspecified atom stereocenters. The molecule has 2 aromatic heterocycles. The van der Waals surface area contributed by atoms with Gasteiger partial charge < -0.3 is 9.73 Å². The lowest BCUT2D eigenvalue weighted by Crippen LogP contribution is -2.25. The van der Waals surface area contributed by atoms with Gasteiger partial charge in [-0.3, -0.25) is 4.68 Å². The number of para-hydroxylation sites is 1. The number of nitrogens with one attached hydrogen (secondary N) is 1. The van der Waals surface area contributed by atoms with Crippen LogP contribution in [0.3, 0.4) is 0 Å². The zero-order chi connectivity index (χ0) is 14.8. The van der Waals surface area contributed by atoms with E-state index in [1.165, 1.54) is 0 Å². The molecule has 0 fully saturated rings. The number of furan rings is 1. The molecule has 3 aromatic rings. The molecule has 1 N–H and O–H groups in total. The molecule has 5 heteroatoms. The van der Waals surface area contributed by atoms with E-state index in [1.54, 1.807) is 0 Å². The Morgan fingerprint density at radius 1 is 1.38 bits per heavy atom. The fraction of sp³-hybridized carbons (Fsp3) is 0.312. The smallest absolute Gasteiger partial charge is 0.134 e. The molecule has 3 rings (SSSR count). The number of benzene rings is 1. The Balaban J connectivity index is 2.11. The number of hydrogen-bond acceptors (Lipinski definition) is 3. The average Bonchev–Trinajstić information content (AvgIpc) is 3.06. The molecule has 0 aliphatic carbocycles. The summed E-state index contributed by atoms with van der Waals surface area (Å²) in [5.41, 5.74) is 3.16. The van der Waals surface area contributed by atoms with Crippen molar-refractivity contribution in [2.45, 2.75) is 19.4 Å². The van der Waals surface area contributed by atoms with Crippen molar-refractivity contribution in [1.29, 1.82) is 0 Å². The molecule has 0 saturated carbocycles. The molecular formula is C16H18BrN3O. The summed E-state index contributed by atoms with van der Waals surface area (Å²) in [6.45, 7) is 3.09. The third-order valence-electron chi connectivity index (χ3n) is 3.63. The minimum Gasteiger partial charge on any atom is -0.464 e. The highest BCUT2D eigenvalue weighted by molar-refractivity contribution is 9.10. The first-order valence-electron chi connectivity index (χ1n) is 7.09. The Bertz CT molecular complexity index is 727. The first kappa shape index (κ1) is 14.4. The topological polar surface area (TPSA) is 43.0 Å². The van der Waals surface area contributed by atoms with E-state index >= 15 is 0 Å². The zero-order valence-electron chi connectivity index (χ0n) is 12.1. The third-order valence-corrected chi connectivity index (χ3v) is 4.24. The Labute approximate surface area is 132 Å². The Hall–Kier alpha value is -1.59. The maximum Gasteiger partial charge on any atom is 0.134 e. The summed E-state index contributed by atoms with van der Waals surface area (Å²) in [5.74, 6) is 0. The van der Waals surface area contributed by atoms with Gasteiger partial charge in [0.15, 0.2) is 0 Å². The van der Waals surface area contributed by atoms with E-state index < -0.39 is 0 Å². The van der Waals surface area contributed by atoms with Gasteiger partial charge >= 0.3 is 0 Å².